The van der Waals surface area contributed by atoms with Crippen molar-refractivity contribution >= 4 is 21.7 Å². The van der Waals surface area contributed by atoms with Gasteiger partial charge in [-0.2, -0.15) is 5.10 Å². The summed E-state index contributed by atoms with van der Waals surface area (Å²) >= 11 is 0. The molecule has 1 unspecified atom stereocenters. The Kier molecular flexibility index (Phi) is 4.28. The summed E-state index contributed by atoms with van der Waals surface area (Å²) in [6.07, 6.45) is 5.05. The molecule has 0 bridgehead atoms. The van der Waals surface area contributed by atoms with E-state index in [9.17, 15) is 13.2 Å². The first-order valence-electron chi connectivity index (χ1n) is 9.80. The standard InChI is InChI=1S/C19H23N5O4S/c1-20-7-11-9-24-18(28-10-11)16(8-21-24)29(26,27)23-19(25)22-17-14-4-2-12(14)6-13-3-5-15(13)17/h6,8,11,20H,2-5,7,9-10H2,1H3,(H2,22,23,25). The first-order valence-corrected chi connectivity index (χ1v) is 11.3. The van der Waals surface area contributed by atoms with E-state index in [4.69, 9.17) is 4.74 Å². The largest absolute Gasteiger partial charge is 0.476 e. The summed E-state index contributed by atoms with van der Waals surface area (Å²) in [5.74, 6) is 0.374. The van der Waals surface area contributed by atoms with Gasteiger partial charge >= 0.3 is 6.03 Å². The summed E-state index contributed by atoms with van der Waals surface area (Å²) in [6.45, 7) is 1.69. The number of nitrogens with zero attached hydrogens (tertiary/aromatic N) is 2. The topological polar surface area (TPSA) is 114 Å². The molecule has 29 heavy (non-hydrogen) atoms. The number of hydrogen-bond acceptors (Lipinski definition) is 6. The summed E-state index contributed by atoms with van der Waals surface area (Å²) in [4.78, 5) is 12.4. The van der Waals surface area contributed by atoms with E-state index in [0.29, 0.717) is 13.2 Å². The molecule has 2 heterocycles. The van der Waals surface area contributed by atoms with Crippen LogP contribution in [0.1, 0.15) is 22.3 Å². The van der Waals surface area contributed by atoms with Crippen molar-refractivity contribution < 1.29 is 17.9 Å². The van der Waals surface area contributed by atoms with Gasteiger partial charge < -0.3 is 15.4 Å². The molecule has 9 nitrogen and oxygen atoms in total. The number of amides is 2. The predicted molar refractivity (Wildman–Crippen MR) is 106 cm³/mol. The van der Waals surface area contributed by atoms with Crippen LogP contribution in [0.25, 0.3) is 0 Å². The van der Waals surface area contributed by atoms with Crippen molar-refractivity contribution in [1.82, 2.24) is 19.8 Å². The van der Waals surface area contributed by atoms with E-state index in [0.717, 1.165) is 49.0 Å². The lowest BCUT2D eigenvalue weighted by Crippen LogP contribution is -2.37. The van der Waals surface area contributed by atoms with Crippen molar-refractivity contribution in [2.75, 3.05) is 25.5 Å². The molecule has 1 aromatic heterocycles. The van der Waals surface area contributed by atoms with E-state index in [1.807, 2.05) is 7.05 Å². The number of hydrogen-bond donors (Lipinski definition) is 3. The molecule has 0 spiro atoms. The van der Waals surface area contributed by atoms with E-state index in [-0.39, 0.29) is 16.7 Å². The number of rotatable bonds is 5. The molecule has 10 heteroatoms. The van der Waals surface area contributed by atoms with Gasteiger partial charge in [0.05, 0.1) is 19.3 Å². The van der Waals surface area contributed by atoms with Crippen molar-refractivity contribution in [2.24, 2.45) is 5.92 Å². The number of aromatic nitrogens is 2. The summed E-state index contributed by atoms with van der Waals surface area (Å²) in [5.41, 5.74) is 5.52. The highest BCUT2D eigenvalue weighted by Gasteiger charge is 2.32. The lowest BCUT2D eigenvalue weighted by atomic mass is 9.76. The van der Waals surface area contributed by atoms with Crippen molar-refractivity contribution in [3.63, 3.8) is 0 Å². The highest BCUT2D eigenvalue weighted by Crippen LogP contribution is 2.40. The van der Waals surface area contributed by atoms with Gasteiger partial charge in [-0.3, -0.25) is 0 Å². The van der Waals surface area contributed by atoms with Crippen LogP contribution in [0.2, 0.25) is 0 Å². The Balaban J connectivity index is 1.33. The highest BCUT2D eigenvalue weighted by molar-refractivity contribution is 7.90. The summed E-state index contributed by atoms with van der Waals surface area (Å²) in [6, 6.07) is 1.44. The third-order valence-corrected chi connectivity index (χ3v) is 7.22. The Morgan fingerprint density at radius 2 is 1.97 bits per heavy atom. The smallest absolute Gasteiger partial charge is 0.333 e. The number of ether oxygens (including phenoxy) is 1. The zero-order valence-corrected chi connectivity index (χ0v) is 16.9. The fourth-order valence-electron chi connectivity index (χ4n) is 4.26. The number of nitrogens with one attached hydrogen (secondary N) is 3. The fraction of sp³-hybridized carbons (Fsp3) is 0.474. The minimum Gasteiger partial charge on any atom is -0.476 e. The van der Waals surface area contributed by atoms with Crippen LogP contribution in [-0.2, 0) is 42.3 Å². The van der Waals surface area contributed by atoms with Gasteiger partial charge in [-0.25, -0.2) is 22.6 Å². The second-order valence-corrected chi connectivity index (χ2v) is 9.47. The van der Waals surface area contributed by atoms with E-state index in [1.165, 1.54) is 22.0 Å². The van der Waals surface area contributed by atoms with Gasteiger partial charge in [0.15, 0.2) is 4.90 Å². The molecule has 0 saturated heterocycles. The van der Waals surface area contributed by atoms with Crippen LogP contribution in [0, 0.1) is 5.92 Å². The van der Waals surface area contributed by atoms with Crippen LogP contribution in [0.15, 0.2) is 17.2 Å². The normalized spacial score (nSPS) is 19.0. The summed E-state index contributed by atoms with van der Waals surface area (Å²) < 4.78 is 34.9. The molecule has 0 saturated carbocycles. The number of fused-ring (bicyclic) bond motifs is 3. The van der Waals surface area contributed by atoms with Crippen molar-refractivity contribution in [3.8, 4) is 5.88 Å². The molecule has 0 radical (unpaired) electrons. The number of carbonyl (C=O) groups excluding carboxylic acids is 1. The Labute approximate surface area is 168 Å². The highest BCUT2D eigenvalue weighted by atomic mass is 32.2. The quantitative estimate of drug-likeness (QED) is 0.664. The third kappa shape index (κ3) is 3.06. The van der Waals surface area contributed by atoms with Gasteiger partial charge in [0, 0.05) is 18.2 Å². The molecule has 3 aliphatic rings. The van der Waals surface area contributed by atoms with E-state index in [1.54, 1.807) is 0 Å². The maximum Gasteiger partial charge on any atom is 0.333 e. The minimum atomic E-state index is -4.10. The van der Waals surface area contributed by atoms with Crippen LogP contribution in [-0.4, -0.2) is 44.4 Å². The molecule has 1 aromatic carbocycles. The van der Waals surface area contributed by atoms with Gasteiger partial charge in [0.25, 0.3) is 10.0 Å². The van der Waals surface area contributed by atoms with Gasteiger partial charge in [-0.15, -0.1) is 0 Å². The second kappa shape index (κ2) is 6.74. The molecule has 154 valence electrons. The first kappa shape index (κ1) is 18.4. The maximum absolute atomic E-state index is 12.8. The van der Waals surface area contributed by atoms with Crippen LogP contribution in [0.4, 0.5) is 10.5 Å². The lowest BCUT2D eigenvalue weighted by molar-refractivity contribution is 0.159. The summed E-state index contributed by atoms with van der Waals surface area (Å²) in [5, 5.41) is 9.98. The first-order chi connectivity index (χ1) is 14.0. The Hall–Kier alpha value is -2.59. The number of aryl methyl sites for hydroxylation is 2. The van der Waals surface area contributed by atoms with Gasteiger partial charge in [0.2, 0.25) is 5.88 Å². The zero-order chi connectivity index (χ0) is 20.2. The molecule has 1 aliphatic heterocycles. The van der Waals surface area contributed by atoms with E-state index >= 15 is 0 Å². The molecule has 2 amide bonds. The molecule has 2 aromatic rings. The SMILES string of the molecule is CNCC1COc2c(S(=O)(=O)NC(=O)Nc3c4c(cc5c3CC5)CC4)cnn2C1. The second-order valence-electron chi connectivity index (χ2n) is 7.82. The van der Waals surface area contributed by atoms with E-state index < -0.39 is 16.1 Å². The average Bonchev–Trinajstić information content (AvgIpc) is 3.03. The van der Waals surface area contributed by atoms with Crippen molar-refractivity contribution in [3.05, 3.63) is 34.5 Å². The zero-order valence-electron chi connectivity index (χ0n) is 16.1. The summed E-state index contributed by atoms with van der Waals surface area (Å²) in [7, 11) is -2.25. The fourth-order valence-corrected chi connectivity index (χ4v) is 5.25. The molecule has 2 aliphatic carbocycles. The van der Waals surface area contributed by atoms with Crippen LogP contribution < -0.4 is 20.1 Å². The molecule has 0 fully saturated rings. The molecular formula is C19H23N5O4S. The molecule has 1 atom stereocenters. The van der Waals surface area contributed by atoms with Crippen molar-refractivity contribution in [2.45, 2.75) is 37.1 Å². The number of anilines is 1. The predicted octanol–water partition coefficient (Wildman–Crippen LogP) is 0.819. The van der Waals surface area contributed by atoms with Crippen LogP contribution in [0.5, 0.6) is 5.88 Å². The minimum absolute atomic E-state index is 0.121. The molecular weight excluding hydrogens is 394 g/mol. The number of benzene rings is 1. The lowest BCUT2D eigenvalue weighted by Gasteiger charge is -2.32. The average molecular weight is 417 g/mol. The van der Waals surface area contributed by atoms with E-state index in [2.05, 4.69) is 26.5 Å². The number of urea groups is 1. The third-order valence-electron chi connectivity index (χ3n) is 5.91. The molecule has 5 rings (SSSR count). The molecule has 3 N–H and O–H groups in total. The van der Waals surface area contributed by atoms with Gasteiger partial charge in [-0.1, -0.05) is 6.07 Å². The maximum atomic E-state index is 12.8. The van der Waals surface area contributed by atoms with Gasteiger partial charge in [-0.05, 0) is 55.0 Å². The van der Waals surface area contributed by atoms with Crippen LogP contribution >= 0.6 is 0 Å². The Bertz CT molecular complexity index is 1080. The van der Waals surface area contributed by atoms with Crippen LogP contribution in [0.3, 0.4) is 0 Å². The van der Waals surface area contributed by atoms with Crippen molar-refractivity contribution in [1.29, 1.82) is 0 Å². The number of sulfonamides is 1. The monoisotopic (exact) mass is 417 g/mol. The van der Waals surface area contributed by atoms with Gasteiger partial charge in [0.1, 0.15) is 0 Å². The number of carbonyl (C=O) groups is 1. The Morgan fingerprint density at radius 3 is 2.59 bits per heavy atom. The Morgan fingerprint density at radius 1 is 1.24 bits per heavy atom.